The fraction of sp³-hybridized carbons (Fsp3) is 0.0208. The minimum Gasteiger partial charge on any atom is -0.457 e. The van der Waals surface area contributed by atoms with E-state index in [0.29, 0.717) is 11.4 Å². The molecule has 7 aromatic carbocycles. The second-order valence-electron chi connectivity index (χ2n) is 13.2. The number of para-hydroxylation sites is 2. The lowest BCUT2D eigenvalue weighted by molar-refractivity contribution is 0.436. The van der Waals surface area contributed by atoms with Gasteiger partial charge in [-0.3, -0.25) is 0 Å². The predicted molar refractivity (Wildman–Crippen MR) is 206 cm³/mol. The molecular formula is C48H29N3O. The van der Waals surface area contributed by atoms with Gasteiger partial charge >= 0.3 is 0 Å². The van der Waals surface area contributed by atoms with Crippen molar-refractivity contribution in [2.75, 3.05) is 0 Å². The number of nitriles is 1. The Morgan fingerprint density at radius 1 is 0.442 bits per heavy atom. The molecule has 0 saturated heterocycles. The normalized spacial score (nSPS) is 12.9. The maximum Gasteiger partial charge on any atom is 0.160 e. The lowest BCUT2D eigenvalue weighted by Crippen LogP contribution is -2.32. The predicted octanol–water partition coefficient (Wildman–Crippen LogP) is 11.5. The Morgan fingerprint density at radius 3 is 1.60 bits per heavy atom. The third kappa shape index (κ3) is 4.47. The van der Waals surface area contributed by atoms with E-state index in [1.54, 1.807) is 0 Å². The molecule has 0 saturated carbocycles. The van der Waals surface area contributed by atoms with Crippen molar-refractivity contribution >= 4 is 0 Å². The van der Waals surface area contributed by atoms with Crippen LogP contribution in [0.25, 0.3) is 56.2 Å². The van der Waals surface area contributed by atoms with E-state index in [-0.39, 0.29) is 0 Å². The lowest BCUT2D eigenvalue weighted by atomic mass is 9.66. The van der Waals surface area contributed by atoms with Gasteiger partial charge in [-0.25, -0.2) is 9.97 Å². The molecule has 1 aliphatic heterocycles. The Labute approximate surface area is 301 Å². The first-order valence-electron chi connectivity index (χ1n) is 17.4. The number of hydrogen-bond acceptors (Lipinski definition) is 4. The molecule has 0 atom stereocenters. The minimum absolute atomic E-state index is 0.622. The zero-order chi connectivity index (χ0) is 34.6. The molecule has 242 valence electrons. The van der Waals surface area contributed by atoms with Gasteiger partial charge in [0.15, 0.2) is 5.82 Å². The minimum atomic E-state index is -0.622. The van der Waals surface area contributed by atoms with Gasteiger partial charge in [-0.05, 0) is 58.1 Å². The first kappa shape index (κ1) is 29.8. The van der Waals surface area contributed by atoms with E-state index in [2.05, 4.69) is 109 Å². The summed E-state index contributed by atoms with van der Waals surface area (Å²) in [7, 11) is 0. The topological polar surface area (TPSA) is 58.8 Å². The van der Waals surface area contributed by atoms with Gasteiger partial charge in [0.2, 0.25) is 0 Å². The standard InChI is InChI=1S/C48H29N3O/c49-30-36-16-11-19-41-46(36)37-28-35(26-27-38(37)48(41)39-17-7-9-20-44(39)52-45-21-10-8-18-40(45)48)31-22-24-34(25-23-31)47-50-42(32-12-3-1-4-13-32)29-43(51-47)33-14-5-2-6-15-33/h1-29H. The molecule has 4 nitrogen and oxygen atoms in total. The summed E-state index contributed by atoms with van der Waals surface area (Å²) in [5, 5.41) is 10.4. The number of benzene rings is 7. The number of fused-ring (bicyclic) bond motifs is 9. The van der Waals surface area contributed by atoms with Crippen LogP contribution in [0, 0.1) is 11.3 Å². The second kappa shape index (κ2) is 11.8. The van der Waals surface area contributed by atoms with Crippen molar-refractivity contribution < 1.29 is 4.74 Å². The highest BCUT2D eigenvalue weighted by Gasteiger charge is 2.51. The largest absolute Gasteiger partial charge is 0.457 e. The summed E-state index contributed by atoms with van der Waals surface area (Å²) in [4.78, 5) is 10.1. The Hall–Kier alpha value is -7.09. The van der Waals surface area contributed by atoms with E-state index >= 15 is 0 Å². The smallest absolute Gasteiger partial charge is 0.160 e. The summed E-state index contributed by atoms with van der Waals surface area (Å²) >= 11 is 0. The number of hydrogen-bond donors (Lipinski definition) is 0. The van der Waals surface area contributed by atoms with Crippen molar-refractivity contribution in [2.24, 2.45) is 0 Å². The Balaban J connectivity index is 1.11. The highest BCUT2D eigenvalue weighted by molar-refractivity contribution is 5.93. The Bertz CT molecular complexity index is 2610. The molecule has 52 heavy (non-hydrogen) atoms. The molecule has 0 radical (unpaired) electrons. The summed E-state index contributed by atoms with van der Waals surface area (Å²) in [5.74, 6) is 2.33. The molecule has 2 heterocycles. The number of rotatable bonds is 4. The summed E-state index contributed by atoms with van der Waals surface area (Å²) in [6.07, 6.45) is 0. The van der Waals surface area contributed by atoms with Gasteiger partial charge < -0.3 is 4.74 Å². The van der Waals surface area contributed by atoms with Gasteiger partial charge in [0.05, 0.1) is 28.4 Å². The van der Waals surface area contributed by atoms with Crippen molar-refractivity contribution in [3.8, 4) is 73.7 Å². The van der Waals surface area contributed by atoms with E-state index in [1.165, 1.54) is 0 Å². The zero-order valence-electron chi connectivity index (χ0n) is 28.0. The molecule has 0 N–H and O–H groups in total. The summed E-state index contributed by atoms with van der Waals surface area (Å²) in [6, 6.07) is 62.9. The van der Waals surface area contributed by atoms with Crippen molar-refractivity contribution in [1.82, 2.24) is 9.97 Å². The van der Waals surface area contributed by atoms with Crippen LogP contribution in [0.5, 0.6) is 11.5 Å². The fourth-order valence-electron chi connectivity index (χ4n) is 8.13. The molecule has 0 bridgehead atoms. The van der Waals surface area contributed by atoms with Crippen LogP contribution in [0.2, 0.25) is 0 Å². The quantitative estimate of drug-likeness (QED) is 0.188. The Kier molecular flexibility index (Phi) is 6.74. The molecule has 1 aliphatic carbocycles. The van der Waals surface area contributed by atoms with E-state index in [9.17, 15) is 5.26 Å². The molecule has 0 fully saturated rings. The second-order valence-corrected chi connectivity index (χ2v) is 13.2. The third-order valence-electron chi connectivity index (χ3n) is 10.4. The van der Waals surface area contributed by atoms with Gasteiger partial charge in [-0.2, -0.15) is 5.26 Å². The molecule has 2 aliphatic rings. The molecular weight excluding hydrogens is 635 g/mol. The maximum absolute atomic E-state index is 10.4. The van der Waals surface area contributed by atoms with Gasteiger partial charge in [0.1, 0.15) is 11.5 Å². The van der Waals surface area contributed by atoms with Crippen molar-refractivity contribution in [1.29, 1.82) is 5.26 Å². The van der Waals surface area contributed by atoms with Crippen LogP contribution in [0.15, 0.2) is 176 Å². The first-order chi connectivity index (χ1) is 25.7. The van der Waals surface area contributed by atoms with Gasteiger partial charge in [0, 0.05) is 33.4 Å². The highest BCUT2D eigenvalue weighted by Crippen LogP contribution is 2.62. The SMILES string of the molecule is N#Cc1cccc2c1-c1cc(-c3ccc(-c4nc(-c5ccccc5)cc(-c5ccccc5)n4)cc3)ccc1C21c2ccccc2Oc2ccccc21. The van der Waals surface area contributed by atoms with E-state index in [4.69, 9.17) is 14.7 Å². The zero-order valence-corrected chi connectivity index (χ0v) is 28.0. The van der Waals surface area contributed by atoms with Gasteiger partial charge in [0.25, 0.3) is 0 Å². The number of nitrogens with zero attached hydrogens (tertiary/aromatic N) is 3. The number of ether oxygens (including phenoxy) is 1. The van der Waals surface area contributed by atoms with Crippen LogP contribution >= 0.6 is 0 Å². The monoisotopic (exact) mass is 663 g/mol. The van der Waals surface area contributed by atoms with Crippen LogP contribution in [-0.4, -0.2) is 9.97 Å². The summed E-state index contributed by atoms with van der Waals surface area (Å²) in [5.41, 5.74) is 13.4. The average Bonchev–Trinajstić information content (AvgIpc) is 3.51. The van der Waals surface area contributed by atoms with Gasteiger partial charge in [-0.1, -0.05) is 146 Å². The van der Waals surface area contributed by atoms with E-state index < -0.39 is 5.41 Å². The molecule has 1 aromatic heterocycles. The molecule has 0 amide bonds. The Morgan fingerprint density at radius 2 is 0.981 bits per heavy atom. The van der Waals surface area contributed by atoms with Gasteiger partial charge in [-0.15, -0.1) is 0 Å². The molecule has 0 unspecified atom stereocenters. The highest BCUT2D eigenvalue weighted by atomic mass is 16.5. The van der Waals surface area contributed by atoms with Crippen molar-refractivity contribution in [2.45, 2.75) is 5.41 Å². The average molecular weight is 664 g/mol. The summed E-state index contributed by atoms with van der Waals surface area (Å²) in [6.45, 7) is 0. The van der Waals surface area contributed by atoms with Crippen LogP contribution in [-0.2, 0) is 5.41 Å². The van der Waals surface area contributed by atoms with E-state index in [1.807, 2.05) is 72.8 Å². The van der Waals surface area contributed by atoms with E-state index in [0.717, 1.165) is 84.1 Å². The molecule has 10 rings (SSSR count). The third-order valence-corrected chi connectivity index (χ3v) is 10.4. The number of aromatic nitrogens is 2. The van der Waals surface area contributed by atoms with Crippen LogP contribution in [0.1, 0.15) is 27.8 Å². The summed E-state index contributed by atoms with van der Waals surface area (Å²) < 4.78 is 6.48. The van der Waals surface area contributed by atoms with Crippen molar-refractivity contribution in [3.63, 3.8) is 0 Å². The molecule has 1 spiro atoms. The van der Waals surface area contributed by atoms with Crippen LogP contribution in [0.4, 0.5) is 0 Å². The lowest BCUT2D eigenvalue weighted by Gasteiger charge is -2.39. The molecule has 8 aromatic rings. The van der Waals surface area contributed by atoms with Crippen LogP contribution in [0.3, 0.4) is 0 Å². The fourth-order valence-corrected chi connectivity index (χ4v) is 8.13. The maximum atomic E-state index is 10.4. The van der Waals surface area contributed by atoms with Crippen LogP contribution < -0.4 is 4.74 Å². The molecule has 4 heteroatoms. The van der Waals surface area contributed by atoms with Crippen molar-refractivity contribution in [3.05, 3.63) is 204 Å². The first-order valence-corrected chi connectivity index (χ1v) is 17.4.